The second-order valence-corrected chi connectivity index (χ2v) is 7.44. The monoisotopic (exact) mass is 479 g/mol. The van der Waals surface area contributed by atoms with Gasteiger partial charge in [-0.1, -0.05) is 12.1 Å². The van der Waals surface area contributed by atoms with Gasteiger partial charge in [0.2, 0.25) is 0 Å². The maximum Gasteiger partial charge on any atom is 0.573 e. The number of nitrogens with zero attached hydrogens (tertiary/aromatic N) is 4. The minimum Gasteiger partial charge on any atom is -0.491 e. The van der Waals surface area contributed by atoms with Gasteiger partial charge >= 0.3 is 6.36 Å². The minimum atomic E-state index is -4.80. The van der Waals surface area contributed by atoms with Gasteiger partial charge in [0.1, 0.15) is 31.1 Å². The first-order valence-electron chi connectivity index (χ1n) is 9.97. The van der Waals surface area contributed by atoms with Crippen LogP contribution < -0.4 is 14.8 Å². The lowest BCUT2D eigenvalue weighted by Crippen LogP contribution is -2.49. The molecule has 0 radical (unpaired) electrons. The van der Waals surface area contributed by atoms with E-state index in [2.05, 4.69) is 20.1 Å². The molecular formula is C21H20F3N5O3S. The molecule has 4 rings (SSSR count). The summed E-state index contributed by atoms with van der Waals surface area (Å²) in [7, 11) is 0. The number of nitrogens with one attached hydrogen (secondary N) is 1. The highest BCUT2D eigenvalue weighted by atomic mass is 32.1. The predicted molar refractivity (Wildman–Crippen MR) is 118 cm³/mol. The fourth-order valence-electron chi connectivity index (χ4n) is 3.21. The summed E-state index contributed by atoms with van der Waals surface area (Å²) in [6, 6.07) is 13.1. The number of halogens is 3. The van der Waals surface area contributed by atoms with Gasteiger partial charge in [-0.2, -0.15) is 5.10 Å². The Kier molecular flexibility index (Phi) is 6.94. The molecule has 1 saturated heterocycles. The zero-order valence-corrected chi connectivity index (χ0v) is 18.1. The van der Waals surface area contributed by atoms with Gasteiger partial charge < -0.3 is 24.4 Å². The summed E-state index contributed by atoms with van der Waals surface area (Å²) < 4.78 is 55.2. The fourth-order valence-corrected chi connectivity index (χ4v) is 3.48. The van der Waals surface area contributed by atoms with Crippen LogP contribution in [0.1, 0.15) is 0 Å². The number of thiocarbonyl (C=S) groups is 1. The van der Waals surface area contributed by atoms with Crippen LogP contribution >= 0.6 is 12.2 Å². The highest BCUT2D eigenvalue weighted by Gasteiger charge is 2.32. The molecule has 0 saturated carbocycles. The van der Waals surface area contributed by atoms with E-state index in [4.69, 9.17) is 21.7 Å². The number of hydrogen-bond donors (Lipinski definition) is 1. The van der Waals surface area contributed by atoms with Crippen molar-refractivity contribution in [3.63, 3.8) is 0 Å². The van der Waals surface area contributed by atoms with Gasteiger partial charge in [-0.15, -0.1) is 13.2 Å². The summed E-state index contributed by atoms with van der Waals surface area (Å²) in [5.74, 6) is 0.313. The molecule has 12 heteroatoms. The molecule has 33 heavy (non-hydrogen) atoms. The number of rotatable bonds is 6. The molecule has 1 fully saturated rings. The predicted octanol–water partition coefficient (Wildman–Crippen LogP) is 3.64. The average molecular weight is 479 g/mol. The van der Waals surface area contributed by atoms with Crippen molar-refractivity contribution in [2.45, 2.75) is 12.5 Å². The van der Waals surface area contributed by atoms with Gasteiger partial charge in [0.05, 0.1) is 18.0 Å². The van der Waals surface area contributed by atoms with Crippen LogP contribution in [0, 0.1) is 0 Å². The van der Waals surface area contributed by atoms with Gasteiger partial charge in [-0.3, -0.25) is 0 Å². The van der Waals surface area contributed by atoms with Gasteiger partial charge in [-0.05, 0) is 48.6 Å². The molecular weight excluding hydrogens is 459 g/mol. The summed E-state index contributed by atoms with van der Waals surface area (Å²) in [4.78, 5) is 5.74. The lowest BCUT2D eigenvalue weighted by Gasteiger charge is -2.34. The largest absolute Gasteiger partial charge is 0.573 e. The van der Waals surface area contributed by atoms with E-state index < -0.39 is 6.36 Å². The fraction of sp³-hybridized carbons (Fsp3) is 0.286. The normalized spacial score (nSPS) is 16.3. The summed E-state index contributed by atoms with van der Waals surface area (Å²) in [6.07, 6.45) is -2.01. The molecule has 0 amide bonds. The Bertz CT molecular complexity index is 1060. The quantitative estimate of drug-likeness (QED) is 0.538. The molecule has 1 aliphatic heterocycles. The Morgan fingerprint density at radius 2 is 1.97 bits per heavy atom. The van der Waals surface area contributed by atoms with Crippen molar-refractivity contribution >= 4 is 23.0 Å². The molecule has 0 spiro atoms. The zero-order chi connectivity index (χ0) is 23.3. The summed E-state index contributed by atoms with van der Waals surface area (Å²) >= 11 is 5.41. The van der Waals surface area contributed by atoms with Crippen LogP contribution in [0.25, 0.3) is 5.69 Å². The number of alkyl halides is 3. The summed E-state index contributed by atoms with van der Waals surface area (Å²) in [5.41, 5.74) is 0.984. The first-order valence-corrected chi connectivity index (χ1v) is 10.4. The maximum absolute atomic E-state index is 12.7. The van der Waals surface area contributed by atoms with E-state index >= 15 is 0 Å². The Morgan fingerprint density at radius 3 is 2.70 bits per heavy atom. The average Bonchev–Trinajstić information content (AvgIpc) is 3.34. The number of para-hydroxylation sites is 2. The van der Waals surface area contributed by atoms with Crippen LogP contribution in [0.2, 0.25) is 0 Å². The first-order chi connectivity index (χ1) is 15.9. The Hall–Kier alpha value is -3.38. The molecule has 3 aromatic rings. The molecule has 2 aromatic carbocycles. The van der Waals surface area contributed by atoms with Crippen molar-refractivity contribution < 1.29 is 27.4 Å². The third-order valence-corrected chi connectivity index (χ3v) is 5.10. The molecule has 1 unspecified atom stereocenters. The van der Waals surface area contributed by atoms with Crippen molar-refractivity contribution in [1.82, 2.24) is 19.7 Å². The number of anilines is 1. The van der Waals surface area contributed by atoms with Gasteiger partial charge in [0.25, 0.3) is 0 Å². The summed E-state index contributed by atoms with van der Waals surface area (Å²) in [6.45, 7) is 1.61. The van der Waals surface area contributed by atoms with E-state index in [1.54, 1.807) is 17.1 Å². The Morgan fingerprint density at radius 1 is 1.18 bits per heavy atom. The number of ether oxygens (including phenoxy) is 3. The number of benzene rings is 2. The van der Waals surface area contributed by atoms with Crippen molar-refractivity contribution in [1.29, 1.82) is 0 Å². The first kappa shape index (κ1) is 22.8. The lowest BCUT2D eigenvalue weighted by molar-refractivity contribution is -0.274. The van der Waals surface area contributed by atoms with Crippen LogP contribution in [0.5, 0.6) is 11.5 Å². The van der Waals surface area contributed by atoms with E-state index in [0.717, 1.165) is 5.69 Å². The van der Waals surface area contributed by atoms with E-state index in [0.29, 0.717) is 25.4 Å². The van der Waals surface area contributed by atoms with Gasteiger partial charge in [0, 0.05) is 13.1 Å². The minimum absolute atomic E-state index is 0.131. The van der Waals surface area contributed by atoms with Crippen molar-refractivity contribution in [3.8, 4) is 17.2 Å². The van der Waals surface area contributed by atoms with E-state index in [1.165, 1.54) is 24.5 Å². The van der Waals surface area contributed by atoms with Gasteiger partial charge in [0.15, 0.2) is 10.9 Å². The van der Waals surface area contributed by atoms with Crippen LogP contribution in [0.3, 0.4) is 0 Å². The van der Waals surface area contributed by atoms with Gasteiger partial charge in [-0.25, -0.2) is 9.67 Å². The number of morpholine rings is 1. The second kappa shape index (κ2) is 10.0. The van der Waals surface area contributed by atoms with Crippen molar-refractivity contribution in [2.75, 3.05) is 31.6 Å². The number of hydrogen-bond acceptors (Lipinski definition) is 6. The molecule has 1 N–H and O–H groups in total. The highest BCUT2D eigenvalue weighted by molar-refractivity contribution is 7.80. The van der Waals surface area contributed by atoms with Crippen LogP contribution in [-0.2, 0) is 4.74 Å². The molecule has 1 atom stereocenters. The van der Waals surface area contributed by atoms with Crippen LogP contribution in [0.15, 0.2) is 61.2 Å². The highest BCUT2D eigenvalue weighted by Crippen LogP contribution is 2.30. The zero-order valence-electron chi connectivity index (χ0n) is 17.2. The number of aromatic nitrogens is 3. The van der Waals surface area contributed by atoms with Crippen LogP contribution in [0.4, 0.5) is 18.9 Å². The van der Waals surface area contributed by atoms with Crippen LogP contribution in [-0.4, -0.2) is 63.5 Å². The topological polar surface area (TPSA) is 73.7 Å². The third-order valence-electron chi connectivity index (χ3n) is 4.74. The summed E-state index contributed by atoms with van der Waals surface area (Å²) in [5, 5.41) is 7.19. The van der Waals surface area contributed by atoms with E-state index in [1.807, 2.05) is 29.2 Å². The molecule has 2 heterocycles. The lowest BCUT2D eigenvalue weighted by atomic mass is 10.2. The standard InChI is InChI=1S/C21H20F3N5O3S/c22-21(23,24)32-19-4-2-1-3-18(19)27-20(33)28-9-10-30-17(11-28)12-31-16-7-5-15(6-8-16)29-14-25-13-26-29/h1-8,13-14,17H,9-12H2,(H,27,33). The Labute approximate surface area is 192 Å². The SMILES string of the molecule is FC(F)(F)Oc1ccccc1NC(=S)N1CCOC(COc2ccc(-n3cncn3)cc2)C1. The third kappa shape index (κ3) is 6.33. The second-order valence-electron chi connectivity index (χ2n) is 7.06. The maximum atomic E-state index is 12.7. The molecule has 1 aliphatic rings. The molecule has 1 aromatic heterocycles. The Balaban J connectivity index is 1.31. The van der Waals surface area contributed by atoms with E-state index in [-0.39, 0.29) is 29.3 Å². The van der Waals surface area contributed by atoms with Crippen molar-refractivity contribution in [3.05, 3.63) is 61.2 Å². The van der Waals surface area contributed by atoms with Crippen molar-refractivity contribution in [2.24, 2.45) is 0 Å². The molecule has 0 bridgehead atoms. The smallest absolute Gasteiger partial charge is 0.491 e. The molecule has 174 valence electrons. The molecule has 0 aliphatic carbocycles. The van der Waals surface area contributed by atoms with E-state index in [9.17, 15) is 13.2 Å². The molecule has 8 nitrogen and oxygen atoms in total.